The van der Waals surface area contributed by atoms with Crippen LogP contribution in [0.3, 0.4) is 0 Å². The van der Waals surface area contributed by atoms with Crippen LogP contribution in [0, 0.1) is 5.92 Å². The van der Waals surface area contributed by atoms with Gasteiger partial charge in [0, 0.05) is 35.8 Å². The normalized spacial score (nSPS) is 17.7. The highest BCUT2D eigenvalue weighted by molar-refractivity contribution is 9.10. The number of anilines is 1. The highest BCUT2D eigenvalue weighted by atomic mass is 79.9. The predicted octanol–water partition coefficient (Wildman–Crippen LogP) is 2.87. The van der Waals surface area contributed by atoms with Crippen LogP contribution in [0.5, 0.6) is 0 Å². The maximum atomic E-state index is 12.2. The van der Waals surface area contributed by atoms with Gasteiger partial charge in [-0.25, -0.2) is 4.79 Å². The third kappa shape index (κ3) is 3.89. The van der Waals surface area contributed by atoms with Crippen molar-refractivity contribution >= 4 is 50.4 Å². The van der Waals surface area contributed by atoms with Crippen LogP contribution in [-0.4, -0.2) is 36.4 Å². The number of methoxy groups -OCH3 is 1. The second kappa shape index (κ2) is 7.28. The van der Waals surface area contributed by atoms with Crippen molar-refractivity contribution in [2.24, 2.45) is 5.92 Å². The maximum absolute atomic E-state index is 12.2. The zero-order valence-electron chi connectivity index (χ0n) is 12.3. The van der Waals surface area contributed by atoms with E-state index in [-0.39, 0.29) is 16.9 Å². The fourth-order valence-corrected chi connectivity index (χ4v) is 3.43. The average molecular weight is 386 g/mol. The molecule has 1 unspecified atom stereocenters. The van der Waals surface area contributed by atoms with Gasteiger partial charge in [0.2, 0.25) is 5.91 Å². The number of carbonyl (C=O) groups excluding carboxylic acids is 3. The number of esters is 1. The van der Waals surface area contributed by atoms with Crippen molar-refractivity contribution in [1.29, 1.82) is 0 Å². The molecule has 1 fully saturated rings. The summed E-state index contributed by atoms with van der Waals surface area (Å²) in [6.45, 7) is 2.08. The lowest BCUT2D eigenvalue weighted by molar-refractivity contribution is -0.117. The van der Waals surface area contributed by atoms with E-state index in [9.17, 15) is 14.4 Å². The number of rotatable bonds is 4. The molecule has 0 N–H and O–H groups in total. The summed E-state index contributed by atoms with van der Waals surface area (Å²) >= 11 is 4.55. The Hall–Kier alpha value is -1.34. The topological polar surface area (TPSA) is 63.7 Å². The summed E-state index contributed by atoms with van der Waals surface area (Å²) in [5.74, 6) is 0.334. The summed E-state index contributed by atoms with van der Waals surface area (Å²) < 4.78 is 5.36. The number of hydrogen-bond donors (Lipinski definition) is 0. The van der Waals surface area contributed by atoms with Gasteiger partial charge in [-0.05, 0) is 40.0 Å². The van der Waals surface area contributed by atoms with Gasteiger partial charge in [-0.1, -0.05) is 11.8 Å². The highest BCUT2D eigenvalue weighted by Gasteiger charge is 2.31. The van der Waals surface area contributed by atoms with E-state index in [1.807, 2.05) is 0 Å². The fourth-order valence-electron chi connectivity index (χ4n) is 2.33. The molecule has 1 aromatic carbocycles. The lowest BCUT2D eigenvalue weighted by Gasteiger charge is -2.18. The fraction of sp³-hybridized carbons (Fsp3) is 0.400. The third-order valence-electron chi connectivity index (χ3n) is 3.39. The molecule has 0 radical (unpaired) electrons. The average Bonchev–Trinajstić information content (AvgIpc) is 2.86. The van der Waals surface area contributed by atoms with Gasteiger partial charge >= 0.3 is 5.97 Å². The molecule has 7 heteroatoms. The van der Waals surface area contributed by atoms with Crippen LogP contribution >= 0.6 is 27.7 Å². The third-order valence-corrected chi connectivity index (χ3v) is 5.13. The van der Waals surface area contributed by atoms with Crippen molar-refractivity contribution < 1.29 is 19.1 Å². The molecule has 5 nitrogen and oxygen atoms in total. The van der Waals surface area contributed by atoms with Crippen molar-refractivity contribution in [2.75, 3.05) is 24.3 Å². The van der Waals surface area contributed by atoms with E-state index >= 15 is 0 Å². The van der Waals surface area contributed by atoms with E-state index in [0.717, 1.165) is 0 Å². The van der Waals surface area contributed by atoms with Crippen molar-refractivity contribution in [3.8, 4) is 0 Å². The molecule has 118 valence electrons. The Kier molecular flexibility index (Phi) is 5.63. The molecule has 0 aliphatic carbocycles. The molecule has 0 bridgehead atoms. The molecule has 0 saturated carbocycles. The van der Waals surface area contributed by atoms with E-state index < -0.39 is 5.97 Å². The highest BCUT2D eigenvalue weighted by Crippen LogP contribution is 2.30. The van der Waals surface area contributed by atoms with Gasteiger partial charge in [-0.2, -0.15) is 0 Å². The Balaban J connectivity index is 2.16. The molecule has 1 amide bonds. The van der Waals surface area contributed by atoms with Crippen LogP contribution in [0.4, 0.5) is 5.69 Å². The van der Waals surface area contributed by atoms with Crippen LogP contribution in [0.15, 0.2) is 22.7 Å². The van der Waals surface area contributed by atoms with Gasteiger partial charge < -0.3 is 9.64 Å². The second-order valence-electron chi connectivity index (χ2n) is 5.03. The first-order valence-corrected chi connectivity index (χ1v) is 8.51. The van der Waals surface area contributed by atoms with Gasteiger partial charge in [-0.15, -0.1) is 0 Å². The minimum absolute atomic E-state index is 0.00675. The van der Waals surface area contributed by atoms with Crippen molar-refractivity contribution in [2.45, 2.75) is 13.3 Å². The summed E-state index contributed by atoms with van der Waals surface area (Å²) in [4.78, 5) is 36.6. The lowest BCUT2D eigenvalue weighted by atomic mass is 10.1. The van der Waals surface area contributed by atoms with Crippen LogP contribution in [-0.2, 0) is 14.3 Å². The predicted molar refractivity (Wildman–Crippen MR) is 89.1 cm³/mol. The van der Waals surface area contributed by atoms with Crippen molar-refractivity contribution in [3.05, 3.63) is 28.2 Å². The molecule has 0 spiro atoms. The van der Waals surface area contributed by atoms with Gasteiger partial charge in [0.15, 0.2) is 5.12 Å². The van der Waals surface area contributed by atoms with Gasteiger partial charge in [0.25, 0.3) is 0 Å². The van der Waals surface area contributed by atoms with Crippen molar-refractivity contribution in [1.82, 2.24) is 0 Å². The monoisotopic (exact) mass is 385 g/mol. The van der Waals surface area contributed by atoms with Gasteiger partial charge in [0.05, 0.1) is 12.7 Å². The summed E-state index contributed by atoms with van der Waals surface area (Å²) in [7, 11) is 1.32. The quantitative estimate of drug-likeness (QED) is 0.745. The second-order valence-corrected chi connectivity index (χ2v) is 7.08. The van der Waals surface area contributed by atoms with E-state index in [1.165, 1.54) is 25.8 Å². The van der Waals surface area contributed by atoms with E-state index in [4.69, 9.17) is 4.74 Å². The molecular weight excluding hydrogens is 370 g/mol. The lowest BCUT2D eigenvalue weighted by Crippen LogP contribution is -2.25. The number of benzene rings is 1. The largest absolute Gasteiger partial charge is 0.465 e. The van der Waals surface area contributed by atoms with Gasteiger partial charge in [0.1, 0.15) is 0 Å². The zero-order chi connectivity index (χ0) is 16.3. The molecule has 22 heavy (non-hydrogen) atoms. The first-order valence-electron chi connectivity index (χ1n) is 6.74. The Bertz CT molecular complexity index is 620. The smallest absolute Gasteiger partial charge is 0.339 e. The van der Waals surface area contributed by atoms with E-state index in [2.05, 4.69) is 15.9 Å². The standard InChI is InChI=1S/C15H16BrNO4S/c1-9(18)22-8-10-5-14(19)17(7-10)11-3-4-13(16)12(6-11)15(20)21-2/h3-4,6,10H,5,7-8H2,1-2H3. The molecule has 1 saturated heterocycles. The van der Waals surface area contributed by atoms with E-state index in [0.29, 0.717) is 34.4 Å². The number of hydrogen-bond acceptors (Lipinski definition) is 5. The minimum Gasteiger partial charge on any atom is -0.465 e. The molecule has 1 aliphatic heterocycles. The maximum Gasteiger partial charge on any atom is 0.339 e. The van der Waals surface area contributed by atoms with Crippen LogP contribution < -0.4 is 4.90 Å². The zero-order valence-corrected chi connectivity index (χ0v) is 14.7. The number of halogens is 1. The number of thioether (sulfide) groups is 1. The number of ether oxygens (including phenoxy) is 1. The molecular formula is C15H16BrNO4S. The molecule has 2 rings (SSSR count). The number of amides is 1. The number of carbonyl (C=O) groups is 3. The summed E-state index contributed by atoms with van der Waals surface area (Å²) in [5, 5.41) is 0.0579. The first kappa shape index (κ1) is 17.0. The number of nitrogens with zero attached hydrogens (tertiary/aromatic N) is 1. The van der Waals surface area contributed by atoms with Crippen LogP contribution in [0.2, 0.25) is 0 Å². The Morgan fingerprint density at radius 1 is 1.45 bits per heavy atom. The van der Waals surface area contributed by atoms with Crippen molar-refractivity contribution in [3.63, 3.8) is 0 Å². The Morgan fingerprint density at radius 3 is 2.82 bits per heavy atom. The molecule has 1 atom stereocenters. The first-order chi connectivity index (χ1) is 10.4. The van der Waals surface area contributed by atoms with Gasteiger partial charge in [-0.3, -0.25) is 9.59 Å². The van der Waals surface area contributed by atoms with Crippen LogP contribution in [0.1, 0.15) is 23.7 Å². The molecule has 0 aromatic heterocycles. The molecule has 1 aromatic rings. The SMILES string of the molecule is COC(=O)c1cc(N2CC(CSC(C)=O)CC2=O)ccc1Br. The molecule has 1 heterocycles. The van der Waals surface area contributed by atoms with Crippen LogP contribution in [0.25, 0.3) is 0 Å². The summed E-state index contributed by atoms with van der Waals surface area (Å²) in [6, 6.07) is 5.16. The Morgan fingerprint density at radius 2 is 2.18 bits per heavy atom. The molecule has 1 aliphatic rings. The Labute approximate surface area is 141 Å². The van der Waals surface area contributed by atoms with E-state index in [1.54, 1.807) is 23.1 Å². The summed E-state index contributed by atoms with van der Waals surface area (Å²) in [5.41, 5.74) is 1.05. The summed E-state index contributed by atoms with van der Waals surface area (Å²) in [6.07, 6.45) is 0.421. The minimum atomic E-state index is -0.455.